The summed E-state index contributed by atoms with van der Waals surface area (Å²) in [6.45, 7) is 2.87. The van der Waals surface area contributed by atoms with Gasteiger partial charge in [0.2, 0.25) is 11.8 Å². The second-order valence-corrected chi connectivity index (χ2v) is 6.80. The molecule has 0 saturated carbocycles. The van der Waals surface area contributed by atoms with Gasteiger partial charge in [-0.15, -0.1) is 0 Å². The Morgan fingerprint density at radius 2 is 1.78 bits per heavy atom. The van der Waals surface area contributed by atoms with Crippen LogP contribution in [0.25, 0.3) is 0 Å². The van der Waals surface area contributed by atoms with E-state index in [-0.39, 0.29) is 24.1 Å². The van der Waals surface area contributed by atoms with Gasteiger partial charge < -0.3 is 10.2 Å². The van der Waals surface area contributed by atoms with E-state index in [0.29, 0.717) is 37.5 Å². The van der Waals surface area contributed by atoms with Crippen molar-refractivity contribution in [3.05, 3.63) is 70.5 Å². The molecule has 0 radical (unpaired) electrons. The van der Waals surface area contributed by atoms with E-state index in [9.17, 15) is 14.0 Å². The van der Waals surface area contributed by atoms with E-state index in [0.717, 1.165) is 11.1 Å². The maximum atomic E-state index is 12.9. The summed E-state index contributed by atoms with van der Waals surface area (Å²) in [7, 11) is 0. The number of hydrogen-bond donors (Lipinski definition) is 1. The molecule has 0 fully saturated rings. The molecule has 0 spiro atoms. The molecule has 6 heteroatoms. The van der Waals surface area contributed by atoms with E-state index in [1.807, 2.05) is 24.3 Å². The Kier molecular flexibility index (Phi) is 8.27. The number of halogens is 2. The number of nitrogens with one attached hydrogen (secondary N) is 1. The standard InChI is InChI=1S/C21H24ClFN2O2/c1-16(26)25(13-10-17-5-7-20(23)8-6-17)14-11-21(27)24-12-9-18-3-2-4-19(22)15-18/h2-8,15H,9-14H2,1H3,(H,24,27). The van der Waals surface area contributed by atoms with Crippen LogP contribution in [0.4, 0.5) is 4.39 Å². The highest BCUT2D eigenvalue weighted by molar-refractivity contribution is 6.30. The highest BCUT2D eigenvalue weighted by Gasteiger charge is 2.11. The molecule has 2 aromatic carbocycles. The molecule has 4 nitrogen and oxygen atoms in total. The molecule has 1 N–H and O–H groups in total. The molecule has 2 aromatic rings. The second kappa shape index (κ2) is 10.7. The van der Waals surface area contributed by atoms with Gasteiger partial charge in [-0.1, -0.05) is 35.9 Å². The third-order valence-electron chi connectivity index (χ3n) is 4.26. The lowest BCUT2D eigenvalue weighted by Crippen LogP contribution is -2.35. The molecule has 0 aliphatic carbocycles. The van der Waals surface area contributed by atoms with Gasteiger partial charge in [-0.2, -0.15) is 0 Å². The molecule has 0 aliphatic rings. The highest BCUT2D eigenvalue weighted by Crippen LogP contribution is 2.10. The fourth-order valence-corrected chi connectivity index (χ4v) is 2.92. The first kappa shape index (κ1) is 20.9. The normalized spacial score (nSPS) is 10.5. The van der Waals surface area contributed by atoms with Crippen LogP contribution in [0.15, 0.2) is 48.5 Å². The first-order valence-corrected chi connectivity index (χ1v) is 9.33. The minimum atomic E-state index is -0.281. The number of carbonyl (C=O) groups is 2. The summed E-state index contributed by atoms with van der Waals surface area (Å²) in [5.74, 6) is -0.453. The first-order chi connectivity index (χ1) is 12.9. The second-order valence-electron chi connectivity index (χ2n) is 6.36. The molecule has 27 heavy (non-hydrogen) atoms. The molecule has 0 aliphatic heterocycles. The van der Waals surface area contributed by atoms with Gasteiger partial charge in [0.15, 0.2) is 0 Å². The Labute approximate surface area is 164 Å². The predicted molar refractivity (Wildman–Crippen MR) is 105 cm³/mol. The number of hydrogen-bond acceptors (Lipinski definition) is 2. The van der Waals surface area contributed by atoms with Crippen LogP contribution in [-0.2, 0) is 22.4 Å². The van der Waals surface area contributed by atoms with Crippen molar-refractivity contribution in [2.45, 2.75) is 26.2 Å². The zero-order valence-corrected chi connectivity index (χ0v) is 16.1. The van der Waals surface area contributed by atoms with E-state index in [2.05, 4.69) is 5.32 Å². The van der Waals surface area contributed by atoms with Gasteiger partial charge in [-0.05, 0) is 48.2 Å². The van der Waals surface area contributed by atoms with E-state index >= 15 is 0 Å². The van der Waals surface area contributed by atoms with E-state index in [1.165, 1.54) is 19.1 Å². The molecule has 0 bridgehead atoms. The monoisotopic (exact) mass is 390 g/mol. The average molecular weight is 391 g/mol. The first-order valence-electron chi connectivity index (χ1n) is 8.95. The molecule has 0 heterocycles. The third kappa shape index (κ3) is 7.79. The molecule has 0 aromatic heterocycles. The van der Waals surface area contributed by atoms with Crippen molar-refractivity contribution in [2.75, 3.05) is 19.6 Å². The number of amides is 2. The SMILES string of the molecule is CC(=O)N(CCC(=O)NCCc1cccc(Cl)c1)CCc1ccc(F)cc1. The van der Waals surface area contributed by atoms with Crippen molar-refractivity contribution in [2.24, 2.45) is 0 Å². The minimum absolute atomic E-state index is 0.0798. The lowest BCUT2D eigenvalue weighted by molar-refractivity contribution is -0.129. The van der Waals surface area contributed by atoms with Crippen LogP contribution < -0.4 is 5.32 Å². The van der Waals surface area contributed by atoms with Crippen molar-refractivity contribution < 1.29 is 14.0 Å². The highest BCUT2D eigenvalue weighted by atomic mass is 35.5. The van der Waals surface area contributed by atoms with E-state index in [4.69, 9.17) is 11.6 Å². The van der Waals surface area contributed by atoms with Gasteiger partial charge in [-0.25, -0.2) is 4.39 Å². The fourth-order valence-electron chi connectivity index (χ4n) is 2.71. The van der Waals surface area contributed by atoms with Crippen LogP contribution in [0.5, 0.6) is 0 Å². The Morgan fingerprint density at radius 3 is 2.44 bits per heavy atom. The molecule has 144 valence electrons. The van der Waals surface area contributed by atoms with Gasteiger partial charge in [0.1, 0.15) is 5.82 Å². The van der Waals surface area contributed by atoms with E-state index in [1.54, 1.807) is 17.0 Å². The average Bonchev–Trinajstić information content (AvgIpc) is 2.63. The molecule has 0 saturated heterocycles. The lowest BCUT2D eigenvalue weighted by atomic mass is 10.1. The molecular weight excluding hydrogens is 367 g/mol. The summed E-state index contributed by atoms with van der Waals surface area (Å²) in [5, 5.41) is 3.54. The van der Waals surface area contributed by atoms with Crippen LogP contribution in [0.2, 0.25) is 5.02 Å². The molecule has 0 atom stereocenters. The van der Waals surface area contributed by atoms with Gasteiger partial charge in [0.05, 0.1) is 0 Å². The largest absolute Gasteiger partial charge is 0.356 e. The Balaban J connectivity index is 1.71. The Bertz CT molecular complexity index is 765. The Hall–Kier alpha value is -2.40. The lowest BCUT2D eigenvalue weighted by Gasteiger charge is -2.21. The fraction of sp³-hybridized carbons (Fsp3) is 0.333. The maximum Gasteiger partial charge on any atom is 0.221 e. The summed E-state index contributed by atoms with van der Waals surface area (Å²) in [4.78, 5) is 25.4. The smallest absolute Gasteiger partial charge is 0.221 e. The summed E-state index contributed by atoms with van der Waals surface area (Å²) in [5.41, 5.74) is 2.01. The molecule has 0 unspecified atom stereocenters. The zero-order valence-electron chi connectivity index (χ0n) is 15.4. The van der Waals surface area contributed by atoms with Gasteiger partial charge in [0.25, 0.3) is 0 Å². The van der Waals surface area contributed by atoms with Crippen LogP contribution in [-0.4, -0.2) is 36.3 Å². The summed E-state index contributed by atoms with van der Waals surface area (Å²) < 4.78 is 12.9. The Morgan fingerprint density at radius 1 is 1.04 bits per heavy atom. The van der Waals surface area contributed by atoms with Crippen LogP contribution in [0.1, 0.15) is 24.5 Å². The van der Waals surface area contributed by atoms with Gasteiger partial charge in [0, 0.05) is 38.0 Å². The van der Waals surface area contributed by atoms with E-state index < -0.39 is 0 Å². The molecule has 2 rings (SSSR count). The van der Waals surface area contributed by atoms with Crippen LogP contribution in [0.3, 0.4) is 0 Å². The minimum Gasteiger partial charge on any atom is -0.356 e. The van der Waals surface area contributed by atoms with Crippen LogP contribution >= 0.6 is 11.6 Å². The summed E-state index contributed by atoms with van der Waals surface area (Å²) in [6.07, 6.45) is 1.57. The van der Waals surface area contributed by atoms with Crippen molar-refractivity contribution in [1.29, 1.82) is 0 Å². The van der Waals surface area contributed by atoms with Crippen LogP contribution in [0, 0.1) is 5.82 Å². The predicted octanol–water partition coefficient (Wildman–Crippen LogP) is 3.62. The van der Waals surface area contributed by atoms with Crippen molar-refractivity contribution in [3.8, 4) is 0 Å². The van der Waals surface area contributed by atoms with Gasteiger partial charge in [-0.3, -0.25) is 9.59 Å². The number of nitrogens with zero attached hydrogens (tertiary/aromatic N) is 1. The summed E-state index contributed by atoms with van der Waals surface area (Å²) >= 11 is 5.94. The molecule has 2 amide bonds. The number of carbonyl (C=O) groups excluding carboxylic acids is 2. The summed E-state index contributed by atoms with van der Waals surface area (Å²) in [6, 6.07) is 13.7. The molecular formula is C21H24ClFN2O2. The third-order valence-corrected chi connectivity index (χ3v) is 4.50. The quantitative estimate of drug-likeness (QED) is 0.711. The van der Waals surface area contributed by atoms with Crippen molar-refractivity contribution in [1.82, 2.24) is 10.2 Å². The number of rotatable bonds is 9. The zero-order chi connectivity index (χ0) is 19.6. The number of benzene rings is 2. The maximum absolute atomic E-state index is 12.9. The van der Waals surface area contributed by atoms with Crippen molar-refractivity contribution in [3.63, 3.8) is 0 Å². The van der Waals surface area contributed by atoms with Crippen molar-refractivity contribution >= 4 is 23.4 Å². The topological polar surface area (TPSA) is 49.4 Å². The van der Waals surface area contributed by atoms with Gasteiger partial charge >= 0.3 is 0 Å².